The van der Waals surface area contributed by atoms with E-state index in [1.807, 2.05) is 18.2 Å². The molecule has 5 aliphatic heterocycles. The van der Waals surface area contributed by atoms with Crippen LogP contribution < -0.4 is 10.2 Å². The van der Waals surface area contributed by atoms with Gasteiger partial charge in [-0.25, -0.2) is 18.0 Å². The number of benzene rings is 2. The third-order valence-electron chi connectivity index (χ3n) is 14.4. The number of nitrogens with zero attached hydrogens (tertiary/aromatic N) is 5. The number of carbonyl (C=O) groups excluding carboxylic acids is 2. The molecule has 0 aromatic heterocycles. The summed E-state index contributed by atoms with van der Waals surface area (Å²) in [4.78, 5) is 36.3. The molecule has 58 heavy (non-hydrogen) atoms. The number of hydrogen-bond acceptors (Lipinski definition) is 8. The molecule has 5 heterocycles. The number of ether oxygens (including phenoxy) is 2. The number of anilines is 1. The van der Waals surface area contributed by atoms with E-state index in [4.69, 9.17) is 9.47 Å². The number of alkyl carbamates (subject to hydrolysis) is 1. The average Bonchev–Trinajstić information content (AvgIpc) is 3.64. The maximum atomic E-state index is 15.6. The van der Waals surface area contributed by atoms with Crippen molar-refractivity contribution in [1.82, 2.24) is 24.9 Å². The molecule has 5 saturated heterocycles. The van der Waals surface area contributed by atoms with E-state index in [0.29, 0.717) is 37.2 Å². The van der Waals surface area contributed by atoms with E-state index in [1.54, 1.807) is 18.2 Å². The summed E-state index contributed by atoms with van der Waals surface area (Å²) in [5.41, 5.74) is 2.16. The van der Waals surface area contributed by atoms with Crippen molar-refractivity contribution in [2.24, 2.45) is 23.7 Å². The van der Waals surface area contributed by atoms with E-state index >= 15 is 13.2 Å². The Bertz CT molecular complexity index is 1750. The predicted octanol–water partition coefficient (Wildman–Crippen LogP) is 5.58. The molecule has 1 aliphatic carbocycles. The van der Waals surface area contributed by atoms with Crippen LogP contribution in [0.1, 0.15) is 49.7 Å². The number of rotatable bonds is 14. The molecule has 13 heteroatoms. The third kappa shape index (κ3) is 8.51. The van der Waals surface area contributed by atoms with Gasteiger partial charge in [-0.15, -0.1) is 0 Å². The Morgan fingerprint density at radius 1 is 0.845 bits per heavy atom. The topological polar surface area (TPSA) is 80.8 Å². The molecule has 0 unspecified atom stereocenters. The summed E-state index contributed by atoms with van der Waals surface area (Å²) >= 11 is 0. The van der Waals surface area contributed by atoms with Crippen LogP contribution in [0.2, 0.25) is 0 Å². The minimum Gasteiger partial charge on any atom is -0.453 e. The van der Waals surface area contributed by atoms with Crippen LogP contribution in [0, 0.1) is 29.5 Å². The molecular formula is C45H61F3N6O4. The number of methoxy groups -OCH3 is 1. The molecule has 0 spiro atoms. The van der Waals surface area contributed by atoms with Crippen molar-refractivity contribution in [3.05, 3.63) is 77.6 Å². The molecule has 8 rings (SSSR count). The first-order valence-electron chi connectivity index (χ1n) is 21.6. The van der Waals surface area contributed by atoms with Crippen LogP contribution in [-0.2, 0) is 25.6 Å². The van der Waals surface area contributed by atoms with Crippen molar-refractivity contribution >= 4 is 17.7 Å². The highest BCUT2D eigenvalue weighted by Crippen LogP contribution is 2.52. The van der Waals surface area contributed by atoms with Crippen LogP contribution >= 0.6 is 0 Å². The summed E-state index contributed by atoms with van der Waals surface area (Å²) in [6.07, 6.45) is 5.70. The zero-order chi connectivity index (χ0) is 40.4. The van der Waals surface area contributed by atoms with E-state index in [2.05, 4.69) is 37.6 Å². The summed E-state index contributed by atoms with van der Waals surface area (Å²) in [5.74, 6) is -3.38. The number of nitrogens with one attached hydrogen (secondary N) is 1. The molecule has 3 atom stereocenters. The molecule has 2 amide bonds. The minimum absolute atomic E-state index is 0.00568. The van der Waals surface area contributed by atoms with Crippen molar-refractivity contribution in [2.75, 3.05) is 110 Å². The number of amides is 2. The highest BCUT2D eigenvalue weighted by molar-refractivity contribution is 5.93. The van der Waals surface area contributed by atoms with E-state index in [-0.39, 0.29) is 47.8 Å². The predicted molar refractivity (Wildman–Crippen MR) is 217 cm³/mol. The van der Waals surface area contributed by atoms with Gasteiger partial charge in [0.25, 0.3) is 11.8 Å². The Labute approximate surface area is 341 Å². The van der Waals surface area contributed by atoms with Crippen molar-refractivity contribution in [3.63, 3.8) is 0 Å². The zero-order valence-electron chi connectivity index (χ0n) is 34.1. The molecule has 10 nitrogen and oxygen atoms in total. The fraction of sp³-hybridized carbons (Fsp3) is 0.644. The first-order chi connectivity index (χ1) is 28.0. The van der Waals surface area contributed by atoms with E-state index < -0.39 is 17.9 Å². The molecule has 6 fully saturated rings. The van der Waals surface area contributed by atoms with Gasteiger partial charge >= 0.3 is 6.09 Å². The van der Waals surface area contributed by atoms with Crippen molar-refractivity contribution in [1.29, 1.82) is 0 Å². The summed E-state index contributed by atoms with van der Waals surface area (Å²) in [5, 5.41) is 3.18. The largest absolute Gasteiger partial charge is 0.453 e. The zero-order valence-corrected chi connectivity index (χ0v) is 34.1. The Kier molecular flexibility index (Phi) is 12.4. The fourth-order valence-electron chi connectivity index (χ4n) is 11.0. The first kappa shape index (κ1) is 41.1. The lowest BCUT2D eigenvalue weighted by atomic mass is 9.57. The van der Waals surface area contributed by atoms with Crippen molar-refractivity contribution in [2.45, 2.75) is 55.9 Å². The highest BCUT2D eigenvalue weighted by Gasteiger charge is 2.53. The standard InChI is InChI=1S/C45H61F3N6O4/c1-32(25-51-20-22-58-23-21-51)42(55)54-29-37(30-54)45(47,48)35-10-12-39(13-11-35)53-27-33(28-53)26-50-18-14-34(15-19-50)44(31-52-16-5-17-52,36-6-3-7-38(46)24-36)40-8-4-9-41(40)49-43(56)57-2/h3,6-7,10-13,24,33-34,37,40-41H,1,4-5,8-9,14-23,25-31H2,2H3,(H,49,56)/t40-,41-,44-/m0/s1. The smallest absolute Gasteiger partial charge is 0.407 e. The highest BCUT2D eigenvalue weighted by atomic mass is 19.3. The van der Waals surface area contributed by atoms with Crippen LogP contribution in [0.5, 0.6) is 0 Å². The number of hydrogen-bond donors (Lipinski definition) is 1. The maximum absolute atomic E-state index is 15.6. The molecule has 0 bridgehead atoms. The molecule has 2 aromatic rings. The van der Waals surface area contributed by atoms with Gasteiger partial charge in [0.1, 0.15) is 5.82 Å². The molecular weight excluding hydrogens is 746 g/mol. The molecule has 1 saturated carbocycles. The van der Waals surface area contributed by atoms with Gasteiger partial charge in [0, 0.05) is 93.1 Å². The lowest BCUT2D eigenvalue weighted by Crippen LogP contribution is -2.60. The van der Waals surface area contributed by atoms with Crippen molar-refractivity contribution in [3.8, 4) is 0 Å². The molecule has 2 aromatic carbocycles. The van der Waals surface area contributed by atoms with Gasteiger partial charge in [0.05, 0.1) is 26.2 Å². The fourth-order valence-corrected chi connectivity index (χ4v) is 11.0. The molecule has 1 N–H and O–H groups in total. The van der Waals surface area contributed by atoms with Gasteiger partial charge in [-0.1, -0.05) is 37.3 Å². The SMILES string of the molecule is C=C(CN1CCOCC1)C(=O)N1CC(C(F)(F)c2ccc(N3CC(CN4CCC([C@@](CN5CCC5)(c5cccc(F)c5)[C@H]5CCC[C@@H]5NC(=O)OC)CC4)C3)cc2)C1. The Hall–Kier alpha value is -3.65. The summed E-state index contributed by atoms with van der Waals surface area (Å²) in [6, 6.07) is 14.0. The number of alkyl halides is 2. The monoisotopic (exact) mass is 806 g/mol. The van der Waals surface area contributed by atoms with Gasteiger partial charge < -0.3 is 34.4 Å². The number of halogens is 3. The lowest BCUT2D eigenvalue weighted by Gasteiger charge is -2.54. The van der Waals surface area contributed by atoms with Crippen LogP contribution in [0.25, 0.3) is 0 Å². The van der Waals surface area contributed by atoms with E-state index in [1.165, 1.54) is 24.5 Å². The normalized spacial score (nSPS) is 25.4. The van der Waals surface area contributed by atoms with E-state index in [9.17, 15) is 9.59 Å². The maximum Gasteiger partial charge on any atom is 0.407 e. The Morgan fingerprint density at radius 2 is 1.57 bits per heavy atom. The van der Waals surface area contributed by atoms with Gasteiger partial charge in [-0.05, 0) is 99.9 Å². The number of likely N-dealkylation sites (tertiary alicyclic amines) is 3. The second kappa shape index (κ2) is 17.5. The molecule has 0 radical (unpaired) electrons. The minimum atomic E-state index is -3.03. The van der Waals surface area contributed by atoms with Crippen LogP contribution in [0.4, 0.5) is 23.7 Å². The first-order valence-corrected chi connectivity index (χ1v) is 21.6. The van der Waals surface area contributed by atoms with Crippen LogP contribution in [0.15, 0.2) is 60.7 Å². The second-order valence-electron chi connectivity index (χ2n) is 17.9. The second-order valence-corrected chi connectivity index (χ2v) is 17.9. The number of carbonyl (C=O) groups is 2. The van der Waals surface area contributed by atoms with Gasteiger partial charge in [0.2, 0.25) is 0 Å². The number of morpholine rings is 1. The number of piperidine rings is 1. The Morgan fingerprint density at radius 3 is 2.22 bits per heavy atom. The van der Waals surface area contributed by atoms with Crippen molar-refractivity contribution < 1.29 is 32.2 Å². The van der Waals surface area contributed by atoms with Crippen LogP contribution in [0.3, 0.4) is 0 Å². The average molecular weight is 807 g/mol. The lowest BCUT2D eigenvalue weighted by molar-refractivity contribution is -0.153. The molecule has 316 valence electrons. The summed E-state index contributed by atoms with van der Waals surface area (Å²) in [6.45, 7) is 14.8. The van der Waals surface area contributed by atoms with Crippen LogP contribution in [-0.4, -0.2) is 143 Å². The van der Waals surface area contributed by atoms with E-state index in [0.717, 1.165) is 109 Å². The summed E-state index contributed by atoms with van der Waals surface area (Å²) < 4.78 is 56.6. The summed E-state index contributed by atoms with van der Waals surface area (Å²) in [7, 11) is 1.41. The van der Waals surface area contributed by atoms with Gasteiger partial charge in [0.15, 0.2) is 0 Å². The van der Waals surface area contributed by atoms with Gasteiger partial charge in [-0.3, -0.25) is 9.69 Å². The quantitative estimate of drug-likeness (QED) is 0.248. The van der Waals surface area contributed by atoms with Gasteiger partial charge in [-0.2, -0.15) is 0 Å². The third-order valence-corrected chi connectivity index (χ3v) is 14.4. The molecule has 6 aliphatic rings. The Balaban J connectivity index is 0.844.